The predicted octanol–water partition coefficient (Wildman–Crippen LogP) is 2.12. The minimum absolute atomic E-state index is 0.562. The Morgan fingerprint density at radius 3 is 2.91 bits per heavy atom. The molecule has 1 rings (SSSR count). The van der Waals surface area contributed by atoms with Crippen LogP contribution in [0.3, 0.4) is 0 Å². The number of nitrogens with two attached hydrogens (primary N) is 1. The number of aromatic nitrogens is 1. The third-order valence-corrected chi connectivity index (χ3v) is 2.94. The lowest BCUT2D eigenvalue weighted by Gasteiger charge is -2.01. The zero-order chi connectivity index (χ0) is 8.27. The summed E-state index contributed by atoms with van der Waals surface area (Å²) in [6.07, 6.45) is 1.15. The second-order valence-corrected chi connectivity index (χ2v) is 3.58. The smallest absolute Gasteiger partial charge is 0.0956 e. The molecule has 0 bridgehead atoms. The molecule has 0 aliphatic heterocycles. The maximum absolute atomic E-state index is 5.45. The molecule has 0 saturated heterocycles. The molecule has 1 aromatic heterocycles. The van der Waals surface area contributed by atoms with Gasteiger partial charge in [-0.1, -0.05) is 13.8 Å². The molecule has 1 atom stereocenters. The van der Waals surface area contributed by atoms with Crippen LogP contribution in [0.25, 0.3) is 0 Å². The van der Waals surface area contributed by atoms with Crippen LogP contribution in [0.2, 0.25) is 0 Å². The van der Waals surface area contributed by atoms with E-state index in [2.05, 4.69) is 18.8 Å². The van der Waals surface area contributed by atoms with Gasteiger partial charge in [0.15, 0.2) is 0 Å². The third kappa shape index (κ3) is 2.01. The first-order chi connectivity index (χ1) is 5.27. The predicted molar refractivity (Wildman–Crippen MR) is 48.7 cm³/mol. The van der Waals surface area contributed by atoms with Crippen molar-refractivity contribution in [3.05, 3.63) is 16.1 Å². The quantitative estimate of drug-likeness (QED) is 0.754. The first-order valence-corrected chi connectivity index (χ1v) is 4.80. The lowest BCUT2D eigenvalue weighted by atomic mass is 10.1. The fourth-order valence-electron chi connectivity index (χ4n) is 0.817. The van der Waals surface area contributed by atoms with E-state index < -0.39 is 0 Å². The van der Waals surface area contributed by atoms with Crippen LogP contribution in [-0.4, -0.2) is 4.98 Å². The summed E-state index contributed by atoms with van der Waals surface area (Å²) in [5.41, 5.74) is 6.47. The van der Waals surface area contributed by atoms with Crippen LogP contribution in [-0.2, 0) is 6.54 Å². The zero-order valence-corrected chi connectivity index (χ0v) is 7.82. The second kappa shape index (κ2) is 3.83. The molecule has 62 valence electrons. The summed E-state index contributed by atoms with van der Waals surface area (Å²) >= 11 is 1.72. The molecule has 1 heterocycles. The molecular formula is C8H14N2S. The minimum atomic E-state index is 0.562. The van der Waals surface area contributed by atoms with Gasteiger partial charge in [0.05, 0.1) is 10.7 Å². The van der Waals surface area contributed by atoms with Gasteiger partial charge in [0, 0.05) is 17.8 Å². The van der Waals surface area contributed by atoms with Gasteiger partial charge in [-0.15, -0.1) is 11.3 Å². The Balaban J connectivity index is 2.71. The van der Waals surface area contributed by atoms with Crippen molar-refractivity contribution < 1.29 is 0 Å². The standard InChI is InChI=1S/C8H14N2S/c1-3-6(2)8-10-7(4-9)5-11-8/h5-6H,3-4,9H2,1-2H3. The molecule has 0 radical (unpaired) electrons. The number of nitrogens with zero attached hydrogens (tertiary/aromatic N) is 1. The Kier molecular flexibility index (Phi) is 3.02. The van der Waals surface area contributed by atoms with Crippen LogP contribution in [0.15, 0.2) is 5.38 Å². The first-order valence-electron chi connectivity index (χ1n) is 3.92. The molecular weight excluding hydrogens is 156 g/mol. The molecule has 1 aromatic rings. The van der Waals surface area contributed by atoms with Gasteiger partial charge in [0.25, 0.3) is 0 Å². The van der Waals surface area contributed by atoms with Crippen LogP contribution in [0.1, 0.15) is 36.9 Å². The Morgan fingerprint density at radius 1 is 1.73 bits per heavy atom. The summed E-state index contributed by atoms with van der Waals surface area (Å²) in [5.74, 6) is 0.584. The Labute approximate surface area is 71.5 Å². The summed E-state index contributed by atoms with van der Waals surface area (Å²) in [6, 6.07) is 0. The van der Waals surface area contributed by atoms with Crippen LogP contribution in [0, 0.1) is 0 Å². The van der Waals surface area contributed by atoms with E-state index in [1.54, 1.807) is 11.3 Å². The van der Waals surface area contributed by atoms with Crippen molar-refractivity contribution in [3.8, 4) is 0 Å². The van der Waals surface area contributed by atoms with Gasteiger partial charge in [-0.3, -0.25) is 0 Å². The van der Waals surface area contributed by atoms with Crippen molar-refractivity contribution in [1.29, 1.82) is 0 Å². The van der Waals surface area contributed by atoms with Crippen LogP contribution < -0.4 is 5.73 Å². The van der Waals surface area contributed by atoms with Gasteiger partial charge in [0.1, 0.15) is 0 Å². The molecule has 0 fully saturated rings. The minimum Gasteiger partial charge on any atom is -0.325 e. The van der Waals surface area contributed by atoms with E-state index in [1.807, 2.05) is 5.38 Å². The third-order valence-electron chi connectivity index (χ3n) is 1.81. The van der Waals surface area contributed by atoms with Crippen molar-refractivity contribution in [1.82, 2.24) is 4.98 Å². The first kappa shape index (κ1) is 8.68. The Bertz CT molecular complexity index is 220. The summed E-state index contributed by atoms with van der Waals surface area (Å²) in [4.78, 5) is 4.39. The SMILES string of the molecule is CCC(C)c1nc(CN)cs1. The lowest BCUT2D eigenvalue weighted by molar-refractivity contribution is 0.722. The van der Waals surface area contributed by atoms with Crippen molar-refractivity contribution >= 4 is 11.3 Å². The van der Waals surface area contributed by atoms with Gasteiger partial charge in [-0.25, -0.2) is 4.98 Å². The van der Waals surface area contributed by atoms with Gasteiger partial charge in [-0.05, 0) is 6.42 Å². The molecule has 11 heavy (non-hydrogen) atoms. The summed E-state index contributed by atoms with van der Waals surface area (Å²) in [5, 5.41) is 3.26. The highest BCUT2D eigenvalue weighted by atomic mass is 32.1. The maximum Gasteiger partial charge on any atom is 0.0956 e. The fraction of sp³-hybridized carbons (Fsp3) is 0.625. The highest BCUT2D eigenvalue weighted by Crippen LogP contribution is 2.21. The average molecular weight is 170 g/mol. The lowest BCUT2D eigenvalue weighted by Crippen LogP contribution is -1.97. The van der Waals surface area contributed by atoms with E-state index in [0.29, 0.717) is 12.5 Å². The average Bonchev–Trinajstić information content (AvgIpc) is 2.50. The molecule has 0 aliphatic rings. The van der Waals surface area contributed by atoms with Crippen LogP contribution in [0.5, 0.6) is 0 Å². The van der Waals surface area contributed by atoms with Crippen molar-refractivity contribution in [3.63, 3.8) is 0 Å². The maximum atomic E-state index is 5.45. The van der Waals surface area contributed by atoms with Gasteiger partial charge < -0.3 is 5.73 Å². The van der Waals surface area contributed by atoms with Crippen LogP contribution >= 0.6 is 11.3 Å². The second-order valence-electron chi connectivity index (χ2n) is 2.69. The molecule has 2 N–H and O–H groups in total. The molecule has 1 unspecified atom stereocenters. The number of hydrogen-bond donors (Lipinski definition) is 1. The molecule has 0 aliphatic carbocycles. The Hall–Kier alpha value is -0.410. The monoisotopic (exact) mass is 170 g/mol. The molecule has 0 spiro atoms. The fourth-order valence-corrected chi connectivity index (χ4v) is 1.79. The zero-order valence-electron chi connectivity index (χ0n) is 7.00. The van der Waals surface area contributed by atoms with E-state index in [0.717, 1.165) is 12.1 Å². The highest BCUT2D eigenvalue weighted by Gasteiger charge is 2.06. The number of hydrogen-bond acceptors (Lipinski definition) is 3. The van der Waals surface area contributed by atoms with Gasteiger partial charge in [0.2, 0.25) is 0 Å². The van der Waals surface area contributed by atoms with E-state index in [9.17, 15) is 0 Å². The topological polar surface area (TPSA) is 38.9 Å². The largest absolute Gasteiger partial charge is 0.325 e. The van der Waals surface area contributed by atoms with E-state index >= 15 is 0 Å². The normalized spacial score (nSPS) is 13.4. The number of thiazole rings is 1. The molecule has 3 heteroatoms. The molecule has 2 nitrogen and oxygen atoms in total. The van der Waals surface area contributed by atoms with Crippen LogP contribution in [0.4, 0.5) is 0 Å². The van der Waals surface area contributed by atoms with Gasteiger partial charge in [-0.2, -0.15) is 0 Å². The summed E-state index contributed by atoms with van der Waals surface area (Å²) in [6.45, 7) is 4.93. The Morgan fingerprint density at radius 2 is 2.45 bits per heavy atom. The van der Waals surface area contributed by atoms with Crippen molar-refractivity contribution in [2.75, 3.05) is 0 Å². The number of rotatable bonds is 3. The molecule has 0 saturated carbocycles. The molecule has 0 aromatic carbocycles. The summed E-state index contributed by atoms with van der Waals surface area (Å²) < 4.78 is 0. The highest BCUT2D eigenvalue weighted by molar-refractivity contribution is 7.09. The molecule has 0 amide bonds. The van der Waals surface area contributed by atoms with E-state index in [-0.39, 0.29) is 0 Å². The van der Waals surface area contributed by atoms with E-state index in [1.165, 1.54) is 5.01 Å². The summed E-state index contributed by atoms with van der Waals surface area (Å²) in [7, 11) is 0. The van der Waals surface area contributed by atoms with Crippen molar-refractivity contribution in [2.45, 2.75) is 32.7 Å². The van der Waals surface area contributed by atoms with Gasteiger partial charge >= 0.3 is 0 Å². The van der Waals surface area contributed by atoms with Crippen molar-refractivity contribution in [2.24, 2.45) is 5.73 Å². The van der Waals surface area contributed by atoms with E-state index in [4.69, 9.17) is 5.73 Å².